The Morgan fingerprint density at radius 3 is 2.88 bits per heavy atom. The van der Waals surface area contributed by atoms with Crippen molar-refractivity contribution in [2.24, 2.45) is 5.41 Å². The van der Waals surface area contributed by atoms with Crippen LogP contribution in [0.2, 0.25) is 0 Å². The zero-order valence-corrected chi connectivity index (χ0v) is 9.40. The third-order valence-corrected chi connectivity index (χ3v) is 3.13. The Kier molecular flexibility index (Phi) is 3.23. The van der Waals surface area contributed by atoms with Gasteiger partial charge in [0.25, 0.3) is 11.5 Å². The van der Waals surface area contributed by atoms with Crippen LogP contribution in [-0.4, -0.2) is 34.1 Å². The molecule has 1 aromatic rings. The van der Waals surface area contributed by atoms with Gasteiger partial charge in [0.2, 0.25) is 0 Å². The van der Waals surface area contributed by atoms with Gasteiger partial charge in [0.1, 0.15) is 5.69 Å². The minimum absolute atomic E-state index is 0.0760. The van der Waals surface area contributed by atoms with E-state index in [1.807, 2.05) is 0 Å². The lowest BCUT2D eigenvalue weighted by molar-refractivity contribution is 0.0935. The van der Waals surface area contributed by atoms with E-state index >= 15 is 0 Å². The number of rotatable bonds is 5. The summed E-state index contributed by atoms with van der Waals surface area (Å²) in [6.45, 7) is 0.694. The first-order valence-electron chi connectivity index (χ1n) is 5.59. The molecule has 1 aromatic heterocycles. The molecule has 6 heteroatoms. The van der Waals surface area contributed by atoms with Gasteiger partial charge in [0.05, 0.1) is 6.20 Å². The van der Waals surface area contributed by atoms with Gasteiger partial charge in [-0.15, -0.1) is 0 Å². The normalized spacial score (nSPS) is 16.5. The van der Waals surface area contributed by atoms with Crippen molar-refractivity contribution in [2.45, 2.75) is 19.3 Å². The summed E-state index contributed by atoms with van der Waals surface area (Å²) in [4.78, 5) is 28.6. The fourth-order valence-corrected chi connectivity index (χ4v) is 1.75. The number of amides is 1. The Balaban J connectivity index is 1.89. The Labute approximate surface area is 98.1 Å². The molecule has 0 saturated heterocycles. The van der Waals surface area contributed by atoms with Crippen LogP contribution >= 0.6 is 0 Å². The highest BCUT2D eigenvalue weighted by atomic mass is 16.3. The molecule has 1 heterocycles. The number of hydrogen-bond acceptors (Lipinski definition) is 4. The first-order chi connectivity index (χ1) is 8.15. The maximum atomic E-state index is 11.7. The first kappa shape index (κ1) is 11.8. The third kappa shape index (κ3) is 2.91. The maximum Gasteiger partial charge on any atom is 0.271 e. The fourth-order valence-electron chi connectivity index (χ4n) is 1.75. The Bertz CT molecular complexity index is 445. The van der Waals surface area contributed by atoms with Crippen LogP contribution < -0.4 is 10.9 Å². The van der Waals surface area contributed by atoms with Crippen molar-refractivity contribution in [3.63, 3.8) is 0 Å². The van der Waals surface area contributed by atoms with Crippen molar-refractivity contribution in [1.82, 2.24) is 15.3 Å². The van der Waals surface area contributed by atoms with Crippen molar-refractivity contribution in [1.29, 1.82) is 0 Å². The topological polar surface area (TPSA) is 95.1 Å². The van der Waals surface area contributed by atoms with Gasteiger partial charge in [-0.1, -0.05) is 0 Å². The van der Waals surface area contributed by atoms with Gasteiger partial charge in [0, 0.05) is 19.3 Å². The average molecular weight is 237 g/mol. The van der Waals surface area contributed by atoms with Crippen molar-refractivity contribution in [2.75, 3.05) is 13.2 Å². The number of aromatic amines is 1. The van der Waals surface area contributed by atoms with E-state index in [0.29, 0.717) is 13.0 Å². The molecule has 1 fully saturated rings. The van der Waals surface area contributed by atoms with E-state index in [1.165, 1.54) is 6.20 Å². The third-order valence-electron chi connectivity index (χ3n) is 3.13. The number of carbonyl (C=O) groups excluding carboxylic acids is 1. The molecule has 2 rings (SSSR count). The van der Waals surface area contributed by atoms with Crippen LogP contribution in [0.25, 0.3) is 0 Å². The molecule has 1 amide bonds. The van der Waals surface area contributed by atoms with Gasteiger partial charge in [-0.3, -0.25) is 9.59 Å². The van der Waals surface area contributed by atoms with Crippen LogP contribution in [-0.2, 0) is 0 Å². The summed E-state index contributed by atoms with van der Waals surface area (Å²) in [6, 6.07) is 0. The minimum Gasteiger partial charge on any atom is -0.396 e. The van der Waals surface area contributed by atoms with Crippen LogP contribution in [0.3, 0.4) is 0 Å². The van der Waals surface area contributed by atoms with Gasteiger partial charge in [0.15, 0.2) is 0 Å². The molecule has 0 unspecified atom stereocenters. The Morgan fingerprint density at radius 1 is 1.59 bits per heavy atom. The molecular weight excluding hydrogens is 222 g/mol. The monoisotopic (exact) mass is 237 g/mol. The lowest BCUT2D eigenvalue weighted by atomic mass is 10.0. The summed E-state index contributed by atoms with van der Waals surface area (Å²) in [5, 5.41) is 11.7. The highest BCUT2D eigenvalue weighted by Gasteiger charge is 2.41. The quantitative estimate of drug-likeness (QED) is 0.653. The second-order valence-corrected chi connectivity index (χ2v) is 4.45. The Morgan fingerprint density at radius 2 is 2.35 bits per heavy atom. The predicted molar refractivity (Wildman–Crippen MR) is 60.6 cm³/mol. The fraction of sp³-hybridized carbons (Fsp3) is 0.545. The summed E-state index contributed by atoms with van der Waals surface area (Å²) in [5.74, 6) is -0.300. The van der Waals surface area contributed by atoms with Crippen LogP contribution in [0, 0.1) is 5.41 Å². The van der Waals surface area contributed by atoms with E-state index < -0.39 is 0 Å². The number of nitrogens with zero attached hydrogens (tertiary/aromatic N) is 1. The van der Waals surface area contributed by atoms with Gasteiger partial charge >= 0.3 is 0 Å². The molecule has 1 aliphatic carbocycles. The molecule has 0 aliphatic heterocycles. The number of carbonyl (C=O) groups is 1. The number of hydrogen-bond donors (Lipinski definition) is 3. The molecule has 3 N–H and O–H groups in total. The Hall–Kier alpha value is -1.69. The van der Waals surface area contributed by atoms with Crippen molar-refractivity contribution < 1.29 is 9.90 Å². The predicted octanol–water partition coefficient (Wildman–Crippen LogP) is -0.338. The van der Waals surface area contributed by atoms with Gasteiger partial charge < -0.3 is 15.4 Å². The van der Waals surface area contributed by atoms with Crippen LogP contribution in [0.1, 0.15) is 29.8 Å². The summed E-state index contributed by atoms with van der Waals surface area (Å²) in [7, 11) is 0. The molecule has 92 valence electrons. The van der Waals surface area contributed by atoms with Crippen LogP contribution in [0.15, 0.2) is 17.2 Å². The molecule has 0 atom stereocenters. The standard InChI is InChI=1S/C11H15N3O3/c15-4-3-11(1-2-11)7-14-10(17)8-5-13-9(16)6-12-8/h5-6,15H,1-4,7H2,(H,13,16)(H,14,17). The smallest absolute Gasteiger partial charge is 0.271 e. The summed E-state index contributed by atoms with van der Waals surface area (Å²) in [5.41, 5.74) is -0.0584. The largest absolute Gasteiger partial charge is 0.396 e. The lowest BCUT2D eigenvalue weighted by Crippen LogP contribution is -2.31. The number of aliphatic hydroxyl groups is 1. The van der Waals surface area contributed by atoms with E-state index in [9.17, 15) is 9.59 Å². The van der Waals surface area contributed by atoms with E-state index in [0.717, 1.165) is 19.0 Å². The van der Waals surface area contributed by atoms with E-state index in [-0.39, 0.29) is 29.2 Å². The number of nitrogens with one attached hydrogen (secondary N) is 2. The lowest BCUT2D eigenvalue weighted by Gasteiger charge is -2.13. The number of H-pyrrole nitrogens is 1. The van der Waals surface area contributed by atoms with E-state index in [1.54, 1.807) is 0 Å². The maximum absolute atomic E-state index is 11.7. The molecule has 17 heavy (non-hydrogen) atoms. The molecular formula is C11H15N3O3. The molecule has 1 saturated carbocycles. The summed E-state index contributed by atoms with van der Waals surface area (Å²) in [6.07, 6.45) is 5.16. The number of aromatic nitrogens is 2. The second kappa shape index (κ2) is 4.67. The van der Waals surface area contributed by atoms with Crippen LogP contribution in [0.4, 0.5) is 0 Å². The SMILES string of the molecule is O=C(NCC1(CCO)CC1)c1c[nH]c(=O)cn1. The van der Waals surface area contributed by atoms with Crippen LogP contribution in [0.5, 0.6) is 0 Å². The van der Waals surface area contributed by atoms with Gasteiger partial charge in [-0.25, -0.2) is 4.98 Å². The summed E-state index contributed by atoms with van der Waals surface area (Å²) < 4.78 is 0. The van der Waals surface area contributed by atoms with Gasteiger partial charge in [-0.2, -0.15) is 0 Å². The van der Waals surface area contributed by atoms with Crippen molar-refractivity contribution >= 4 is 5.91 Å². The van der Waals surface area contributed by atoms with Crippen molar-refractivity contribution in [3.05, 3.63) is 28.4 Å². The number of aliphatic hydroxyl groups excluding tert-OH is 1. The highest BCUT2D eigenvalue weighted by molar-refractivity contribution is 5.91. The highest BCUT2D eigenvalue weighted by Crippen LogP contribution is 2.47. The zero-order chi connectivity index (χ0) is 12.3. The first-order valence-corrected chi connectivity index (χ1v) is 5.59. The van der Waals surface area contributed by atoms with Crippen molar-refractivity contribution in [3.8, 4) is 0 Å². The molecule has 1 aliphatic rings. The van der Waals surface area contributed by atoms with E-state index in [4.69, 9.17) is 5.11 Å². The molecule has 0 spiro atoms. The minimum atomic E-state index is -0.333. The van der Waals surface area contributed by atoms with E-state index in [2.05, 4.69) is 15.3 Å². The molecule has 6 nitrogen and oxygen atoms in total. The molecule has 0 aromatic carbocycles. The molecule has 0 radical (unpaired) electrons. The molecule has 0 bridgehead atoms. The summed E-state index contributed by atoms with van der Waals surface area (Å²) >= 11 is 0. The van der Waals surface area contributed by atoms with Gasteiger partial charge in [-0.05, 0) is 24.7 Å². The average Bonchev–Trinajstić information content (AvgIpc) is 3.08. The second-order valence-electron chi connectivity index (χ2n) is 4.45. The zero-order valence-electron chi connectivity index (χ0n) is 9.40.